The molecule has 0 unspecified atom stereocenters. The van der Waals surface area contributed by atoms with Gasteiger partial charge in [0.1, 0.15) is 5.82 Å². The Kier molecular flexibility index (Phi) is 3.61. The first kappa shape index (κ1) is 15.2. The van der Waals surface area contributed by atoms with E-state index in [4.69, 9.17) is 5.73 Å². The lowest BCUT2D eigenvalue weighted by Crippen LogP contribution is -2.22. The predicted octanol–water partition coefficient (Wildman–Crippen LogP) is 4.31. The normalized spacial score (nSPS) is 13.0. The second kappa shape index (κ2) is 5.94. The molecule has 0 saturated carbocycles. The summed E-state index contributed by atoms with van der Waals surface area (Å²) in [5.41, 5.74) is 9.89. The largest absolute Gasteiger partial charge is 0.399 e. The smallest absolute Gasteiger partial charge is 0.258 e. The number of amides is 1. The van der Waals surface area contributed by atoms with Crippen LogP contribution >= 0.6 is 0 Å². The van der Waals surface area contributed by atoms with Gasteiger partial charge in [0.25, 0.3) is 5.91 Å². The van der Waals surface area contributed by atoms with Crippen molar-refractivity contribution in [2.45, 2.75) is 6.54 Å². The maximum atomic E-state index is 13.8. The Labute approximate surface area is 144 Å². The summed E-state index contributed by atoms with van der Waals surface area (Å²) < 4.78 is 13.8. The number of carbonyl (C=O) groups excluding carboxylic acids is 1. The van der Waals surface area contributed by atoms with E-state index in [-0.39, 0.29) is 11.7 Å². The van der Waals surface area contributed by atoms with Gasteiger partial charge < -0.3 is 16.0 Å². The zero-order valence-electron chi connectivity index (χ0n) is 13.4. The van der Waals surface area contributed by atoms with Crippen LogP contribution in [-0.4, -0.2) is 5.91 Å². The monoisotopic (exact) mass is 333 g/mol. The van der Waals surface area contributed by atoms with Crippen LogP contribution in [0.3, 0.4) is 0 Å². The van der Waals surface area contributed by atoms with Crippen molar-refractivity contribution in [1.29, 1.82) is 0 Å². The van der Waals surface area contributed by atoms with Gasteiger partial charge >= 0.3 is 0 Å². The Balaban J connectivity index is 1.62. The molecular formula is C20H16FN3O. The van der Waals surface area contributed by atoms with Crippen molar-refractivity contribution in [3.8, 4) is 0 Å². The van der Waals surface area contributed by atoms with Gasteiger partial charge in [-0.05, 0) is 54.1 Å². The van der Waals surface area contributed by atoms with E-state index in [1.54, 1.807) is 35.2 Å². The Morgan fingerprint density at radius 2 is 1.84 bits per heavy atom. The van der Waals surface area contributed by atoms with Crippen LogP contribution in [0.15, 0.2) is 66.7 Å². The highest BCUT2D eigenvalue weighted by atomic mass is 19.1. The van der Waals surface area contributed by atoms with E-state index in [1.807, 2.05) is 30.3 Å². The van der Waals surface area contributed by atoms with Gasteiger partial charge in [-0.3, -0.25) is 4.79 Å². The molecule has 0 atom stereocenters. The number of nitrogens with one attached hydrogen (secondary N) is 1. The van der Waals surface area contributed by atoms with Crippen molar-refractivity contribution in [3.63, 3.8) is 0 Å². The molecule has 4 nitrogen and oxygen atoms in total. The fourth-order valence-electron chi connectivity index (χ4n) is 3.02. The van der Waals surface area contributed by atoms with E-state index >= 15 is 0 Å². The predicted molar refractivity (Wildman–Crippen MR) is 97.5 cm³/mol. The van der Waals surface area contributed by atoms with Crippen LogP contribution in [-0.2, 0) is 6.54 Å². The molecule has 0 spiro atoms. The number of hydrogen-bond donors (Lipinski definition) is 2. The van der Waals surface area contributed by atoms with Crippen LogP contribution < -0.4 is 16.0 Å². The number of carbonyl (C=O) groups is 1. The fourth-order valence-corrected chi connectivity index (χ4v) is 3.02. The van der Waals surface area contributed by atoms with Gasteiger partial charge in [-0.15, -0.1) is 0 Å². The number of benzene rings is 3. The zero-order chi connectivity index (χ0) is 17.4. The molecule has 1 aliphatic heterocycles. The van der Waals surface area contributed by atoms with E-state index in [0.29, 0.717) is 29.2 Å². The molecule has 25 heavy (non-hydrogen) atoms. The quantitative estimate of drug-likeness (QED) is 0.702. The maximum Gasteiger partial charge on any atom is 0.258 e. The summed E-state index contributed by atoms with van der Waals surface area (Å²) in [5.74, 6) is -0.383. The van der Waals surface area contributed by atoms with E-state index in [9.17, 15) is 9.18 Å². The lowest BCUT2D eigenvalue weighted by Gasteiger charge is -2.17. The minimum absolute atomic E-state index is 0.0574. The molecule has 1 heterocycles. The Hall–Kier alpha value is -3.34. The number of hydrogen-bond acceptors (Lipinski definition) is 3. The maximum absolute atomic E-state index is 13.8. The molecule has 1 aliphatic rings. The highest BCUT2D eigenvalue weighted by Crippen LogP contribution is 2.31. The van der Waals surface area contributed by atoms with Crippen molar-refractivity contribution in [1.82, 2.24) is 0 Å². The third-order valence-electron chi connectivity index (χ3n) is 4.24. The van der Waals surface area contributed by atoms with Gasteiger partial charge in [0.15, 0.2) is 0 Å². The molecule has 0 aliphatic carbocycles. The number of nitrogen functional groups attached to an aromatic ring is 1. The minimum Gasteiger partial charge on any atom is -0.399 e. The molecule has 0 radical (unpaired) electrons. The molecular weight excluding hydrogens is 317 g/mol. The van der Waals surface area contributed by atoms with Gasteiger partial charge in [-0.2, -0.15) is 0 Å². The van der Waals surface area contributed by atoms with Crippen LogP contribution in [0.25, 0.3) is 0 Å². The number of nitrogens with two attached hydrogens (primary N) is 1. The third kappa shape index (κ3) is 2.80. The molecule has 124 valence electrons. The van der Waals surface area contributed by atoms with E-state index in [1.165, 1.54) is 6.07 Å². The van der Waals surface area contributed by atoms with Gasteiger partial charge in [-0.1, -0.05) is 18.2 Å². The first-order valence-corrected chi connectivity index (χ1v) is 7.94. The second-order valence-electron chi connectivity index (χ2n) is 5.96. The van der Waals surface area contributed by atoms with Crippen molar-refractivity contribution in [2.75, 3.05) is 16.0 Å². The van der Waals surface area contributed by atoms with E-state index in [0.717, 1.165) is 11.3 Å². The highest BCUT2D eigenvalue weighted by molar-refractivity contribution is 6.10. The first-order chi connectivity index (χ1) is 12.1. The number of para-hydroxylation sites is 1. The highest BCUT2D eigenvalue weighted by Gasteiger charge is 2.28. The van der Waals surface area contributed by atoms with Crippen molar-refractivity contribution < 1.29 is 9.18 Å². The molecule has 1 amide bonds. The Morgan fingerprint density at radius 3 is 2.68 bits per heavy atom. The SMILES string of the molecule is Nc1ccc2c(c1)CN(c1cccc(Nc3ccccc3F)c1)C2=O. The zero-order valence-corrected chi connectivity index (χ0v) is 13.4. The minimum atomic E-state index is -0.326. The van der Waals surface area contributed by atoms with Crippen LogP contribution in [0.2, 0.25) is 0 Å². The topological polar surface area (TPSA) is 58.4 Å². The lowest BCUT2D eigenvalue weighted by molar-refractivity contribution is 0.0996. The molecule has 3 aromatic carbocycles. The average Bonchev–Trinajstić information content (AvgIpc) is 2.93. The van der Waals surface area contributed by atoms with Gasteiger partial charge in [0, 0.05) is 22.6 Å². The molecule has 0 aromatic heterocycles. The lowest BCUT2D eigenvalue weighted by atomic mass is 10.1. The standard InChI is InChI=1S/C20H16FN3O/c21-18-6-1-2-7-19(18)23-15-4-3-5-16(11-15)24-12-13-10-14(22)8-9-17(13)20(24)25/h1-11,23H,12,22H2. The van der Waals surface area contributed by atoms with Crippen LogP contribution in [0.1, 0.15) is 15.9 Å². The number of halogens is 1. The summed E-state index contributed by atoms with van der Waals surface area (Å²) in [4.78, 5) is 14.3. The molecule has 0 saturated heterocycles. The van der Waals surface area contributed by atoms with Crippen molar-refractivity contribution in [3.05, 3.63) is 83.7 Å². The summed E-state index contributed by atoms with van der Waals surface area (Å²) in [6.07, 6.45) is 0. The first-order valence-electron chi connectivity index (χ1n) is 7.94. The van der Waals surface area contributed by atoms with Crippen molar-refractivity contribution >= 4 is 28.7 Å². The summed E-state index contributed by atoms with van der Waals surface area (Å²) in [6, 6.07) is 19.2. The second-order valence-corrected chi connectivity index (χ2v) is 5.96. The fraction of sp³-hybridized carbons (Fsp3) is 0.0500. The molecule has 4 rings (SSSR count). The van der Waals surface area contributed by atoms with Crippen LogP contribution in [0.4, 0.5) is 27.1 Å². The van der Waals surface area contributed by atoms with Gasteiger partial charge in [-0.25, -0.2) is 4.39 Å². The Morgan fingerprint density at radius 1 is 1.00 bits per heavy atom. The summed E-state index contributed by atoms with van der Waals surface area (Å²) >= 11 is 0. The van der Waals surface area contributed by atoms with Gasteiger partial charge in [0.05, 0.1) is 12.2 Å². The third-order valence-corrected chi connectivity index (χ3v) is 4.24. The summed E-state index contributed by atoms with van der Waals surface area (Å²) in [5, 5.41) is 3.05. The number of nitrogens with zero attached hydrogens (tertiary/aromatic N) is 1. The van der Waals surface area contributed by atoms with Crippen molar-refractivity contribution in [2.24, 2.45) is 0 Å². The average molecular weight is 333 g/mol. The van der Waals surface area contributed by atoms with E-state index in [2.05, 4.69) is 5.32 Å². The number of fused-ring (bicyclic) bond motifs is 1. The van der Waals surface area contributed by atoms with Crippen LogP contribution in [0.5, 0.6) is 0 Å². The van der Waals surface area contributed by atoms with E-state index < -0.39 is 0 Å². The molecule has 0 bridgehead atoms. The summed E-state index contributed by atoms with van der Waals surface area (Å²) in [6.45, 7) is 0.475. The number of rotatable bonds is 3. The summed E-state index contributed by atoms with van der Waals surface area (Å²) in [7, 11) is 0. The molecule has 0 fully saturated rings. The molecule has 5 heteroatoms. The Bertz CT molecular complexity index is 971. The molecule has 3 N–H and O–H groups in total. The number of anilines is 4. The van der Waals surface area contributed by atoms with Gasteiger partial charge in [0.2, 0.25) is 0 Å². The molecule has 3 aromatic rings. The van der Waals surface area contributed by atoms with Crippen LogP contribution in [0, 0.1) is 5.82 Å².